The van der Waals surface area contributed by atoms with Gasteiger partial charge in [0.05, 0.1) is 0 Å². The van der Waals surface area contributed by atoms with Crippen molar-refractivity contribution in [3.05, 3.63) is 66.2 Å². The summed E-state index contributed by atoms with van der Waals surface area (Å²) in [6.45, 7) is 2.27. The molecule has 0 amide bonds. The van der Waals surface area contributed by atoms with Gasteiger partial charge >= 0.3 is 6.36 Å². The summed E-state index contributed by atoms with van der Waals surface area (Å²) >= 11 is 0. The summed E-state index contributed by atoms with van der Waals surface area (Å²) in [4.78, 5) is 0. The highest BCUT2D eigenvalue weighted by atomic mass is 19.4. The van der Waals surface area contributed by atoms with Crippen LogP contribution in [0.5, 0.6) is 5.75 Å². The van der Waals surface area contributed by atoms with E-state index in [1.165, 1.54) is 87.3 Å². The van der Waals surface area contributed by atoms with E-state index in [-0.39, 0.29) is 5.75 Å². The van der Waals surface area contributed by atoms with Crippen molar-refractivity contribution in [1.82, 2.24) is 0 Å². The number of rotatable bonds is 9. The Labute approximate surface area is 201 Å². The Hall–Kier alpha value is -2.49. The average molecular weight is 469 g/mol. The molecular formula is C30H35F3O. The second kappa shape index (κ2) is 11.3. The number of ether oxygens (including phenoxy) is 1. The lowest BCUT2D eigenvalue weighted by atomic mass is 9.76. The van der Waals surface area contributed by atoms with Gasteiger partial charge in [-0.2, -0.15) is 0 Å². The topological polar surface area (TPSA) is 9.23 Å². The van der Waals surface area contributed by atoms with Crippen molar-refractivity contribution < 1.29 is 17.9 Å². The minimum Gasteiger partial charge on any atom is -0.406 e. The molecule has 182 valence electrons. The van der Waals surface area contributed by atoms with Crippen LogP contribution in [0, 0.1) is 5.92 Å². The SMILES string of the molecule is CCCCCCCC1CCC(c2ccc3cc(-c4ccc(OC(F)(F)F)cc4)ccc3c2)CC1. The van der Waals surface area contributed by atoms with Crippen molar-refractivity contribution in [2.24, 2.45) is 5.92 Å². The fraction of sp³-hybridized carbons (Fsp3) is 0.467. The summed E-state index contributed by atoms with van der Waals surface area (Å²) in [5.74, 6) is 1.36. The third-order valence-electron chi connectivity index (χ3n) is 7.32. The van der Waals surface area contributed by atoms with E-state index in [1.54, 1.807) is 12.1 Å². The van der Waals surface area contributed by atoms with Crippen LogP contribution in [0.2, 0.25) is 0 Å². The molecule has 1 nitrogen and oxygen atoms in total. The number of fused-ring (bicyclic) bond motifs is 1. The molecule has 1 saturated carbocycles. The zero-order valence-electron chi connectivity index (χ0n) is 20.0. The van der Waals surface area contributed by atoms with E-state index < -0.39 is 6.36 Å². The zero-order chi connectivity index (χ0) is 24.0. The first kappa shape index (κ1) is 24.6. The van der Waals surface area contributed by atoms with Gasteiger partial charge in [-0.25, -0.2) is 0 Å². The lowest BCUT2D eigenvalue weighted by Crippen LogP contribution is -2.16. The monoisotopic (exact) mass is 468 g/mol. The van der Waals surface area contributed by atoms with Crippen LogP contribution in [0.1, 0.15) is 82.6 Å². The highest BCUT2D eigenvalue weighted by molar-refractivity contribution is 5.88. The molecular weight excluding hydrogens is 433 g/mol. The van der Waals surface area contributed by atoms with Gasteiger partial charge in [-0.05, 0) is 83.2 Å². The van der Waals surface area contributed by atoms with Gasteiger partial charge in [0.1, 0.15) is 5.75 Å². The summed E-state index contributed by atoms with van der Waals surface area (Å²) in [5.41, 5.74) is 3.29. The maximum atomic E-state index is 12.4. The van der Waals surface area contributed by atoms with E-state index in [1.807, 2.05) is 6.07 Å². The zero-order valence-corrected chi connectivity index (χ0v) is 20.0. The van der Waals surface area contributed by atoms with Crippen LogP contribution >= 0.6 is 0 Å². The summed E-state index contributed by atoms with van der Waals surface area (Å²) < 4.78 is 41.1. The maximum Gasteiger partial charge on any atom is 0.573 e. The number of halogens is 3. The standard InChI is InChI=1S/C30H35F3O/c1-2-3-4-5-6-7-22-8-10-23(11-9-22)25-12-14-28-21-26(13-15-27(28)20-25)24-16-18-29(19-17-24)34-30(31,32)33/h12-23H,2-11H2,1H3. The Morgan fingerprint density at radius 3 is 2.09 bits per heavy atom. The number of hydrogen-bond donors (Lipinski definition) is 0. The second-order valence-corrected chi connectivity index (χ2v) is 9.81. The van der Waals surface area contributed by atoms with Gasteiger partial charge in [0, 0.05) is 0 Å². The van der Waals surface area contributed by atoms with Crippen molar-refractivity contribution in [1.29, 1.82) is 0 Å². The summed E-state index contributed by atoms with van der Waals surface area (Å²) in [5, 5.41) is 2.37. The van der Waals surface area contributed by atoms with Crippen molar-refractivity contribution in [3.63, 3.8) is 0 Å². The second-order valence-electron chi connectivity index (χ2n) is 9.81. The molecule has 34 heavy (non-hydrogen) atoms. The Balaban J connectivity index is 1.36. The van der Waals surface area contributed by atoms with E-state index in [0.717, 1.165) is 22.4 Å². The van der Waals surface area contributed by atoms with Crippen LogP contribution in [0.25, 0.3) is 21.9 Å². The molecule has 0 unspecified atom stereocenters. The molecule has 0 atom stereocenters. The van der Waals surface area contributed by atoms with Crippen LogP contribution in [-0.2, 0) is 0 Å². The Morgan fingerprint density at radius 1 is 0.735 bits per heavy atom. The summed E-state index contributed by atoms with van der Waals surface area (Å²) in [7, 11) is 0. The molecule has 0 spiro atoms. The van der Waals surface area contributed by atoms with Crippen molar-refractivity contribution in [2.45, 2.75) is 83.4 Å². The molecule has 3 aromatic carbocycles. The molecule has 4 heteroatoms. The molecule has 1 aliphatic carbocycles. The molecule has 1 aliphatic rings. The predicted octanol–water partition coefficient (Wildman–Crippen LogP) is 10.0. The normalized spacial score (nSPS) is 18.8. The molecule has 0 heterocycles. The number of unbranched alkanes of at least 4 members (excludes halogenated alkanes) is 4. The number of benzene rings is 3. The first-order valence-corrected chi connectivity index (χ1v) is 12.8. The van der Waals surface area contributed by atoms with Gasteiger partial charge in [0.25, 0.3) is 0 Å². The quantitative estimate of drug-likeness (QED) is 0.284. The van der Waals surface area contributed by atoms with Crippen LogP contribution in [-0.4, -0.2) is 6.36 Å². The minimum atomic E-state index is -4.67. The van der Waals surface area contributed by atoms with Gasteiger partial charge in [-0.15, -0.1) is 13.2 Å². The lowest BCUT2D eigenvalue weighted by molar-refractivity contribution is -0.274. The van der Waals surface area contributed by atoms with Crippen LogP contribution in [0.3, 0.4) is 0 Å². The predicted molar refractivity (Wildman–Crippen MR) is 134 cm³/mol. The highest BCUT2D eigenvalue weighted by Gasteiger charge is 2.31. The lowest BCUT2D eigenvalue weighted by Gasteiger charge is -2.29. The van der Waals surface area contributed by atoms with Gasteiger partial charge in [-0.1, -0.05) is 87.9 Å². The van der Waals surface area contributed by atoms with Gasteiger partial charge in [0.15, 0.2) is 0 Å². The number of hydrogen-bond acceptors (Lipinski definition) is 1. The van der Waals surface area contributed by atoms with Crippen molar-refractivity contribution in [2.75, 3.05) is 0 Å². The molecule has 0 saturated heterocycles. The summed E-state index contributed by atoms with van der Waals surface area (Å²) in [6.07, 6.45) is 8.87. The average Bonchev–Trinajstić information content (AvgIpc) is 2.83. The van der Waals surface area contributed by atoms with Crippen LogP contribution in [0.4, 0.5) is 13.2 Å². The fourth-order valence-corrected chi connectivity index (χ4v) is 5.37. The first-order valence-electron chi connectivity index (χ1n) is 12.8. The largest absolute Gasteiger partial charge is 0.573 e. The molecule has 3 aromatic rings. The smallest absolute Gasteiger partial charge is 0.406 e. The van der Waals surface area contributed by atoms with Gasteiger partial charge in [0.2, 0.25) is 0 Å². The van der Waals surface area contributed by atoms with Crippen molar-refractivity contribution in [3.8, 4) is 16.9 Å². The van der Waals surface area contributed by atoms with Gasteiger partial charge < -0.3 is 4.74 Å². The van der Waals surface area contributed by atoms with Crippen LogP contribution in [0.15, 0.2) is 60.7 Å². The molecule has 0 aromatic heterocycles. The Bertz CT molecular complexity index is 1050. The molecule has 0 radical (unpaired) electrons. The van der Waals surface area contributed by atoms with E-state index >= 15 is 0 Å². The minimum absolute atomic E-state index is 0.201. The van der Waals surface area contributed by atoms with Crippen molar-refractivity contribution >= 4 is 10.8 Å². The Kier molecular flexibility index (Phi) is 8.18. The van der Waals surface area contributed by atoms with E-state index in [4.69, 9.17) is 0 Å². The highest BCUT2D eigenvalue weighted by Crippen LogP contribution is 2.39. The molecule has 4 rings (SSSR count). The number of alkyl halides is 3. The van der Waals surface area contributed by atoms with Gasteiger partial charge in [-0.3, -0.25) is 0 Å². The molecule has 0 N–H and O–H groups in total. The molecule has 0 aliphatic heterocycles. The first-order chi connectivity index (χ1) is 16.4. The third-order valence-corrected chi connectivity index (χ3v) is 7.32. The van der Waals surface area contributed by atoms with E-state index in [9.17, 15) is 13.2 Å². The third kappa shape index (κ3) is 6.77. The Morgan fingerprint density at radius 2 is 1.38 bits per heavy atom. The maximum absolute atomic E-state index is 12.4. The summed E-state index contributed by atoms with van der Waals surface area (Å²) in [6, 6.07) is 19.1. The fourth-order valence-electron chi connectivity index (χ4n) is 5.37. The van der Waals surface area contributed by atoms with E-state index in [2.05, 4.69) is 42.0 Å². The van der Waals surface area contributed by atoms with E-state index in [0.29, 0.717) is 5.92 Å². The molecule has 0 bridgehead atoms. The molecule has 1 fully saturated rings. The van der Waals surface area contributed by atoms with Crippen LogP contribution < -0.4 is 4.74 Å².